The molecule has 0 radical (unpaired) electrons. The molecule has 0 aliphatic heterocycles. The highest BCUT2D eigenvalue weighted by atomic mass is 35.5. The van der Waals surface area contributed by atoms with Crippen LogP contribution in [0.1, 0.15) is 26.3 Å². The minimum atomic E-state index is -0.582. The van der Waals surface area contributed by atoms with Crippen molar-refractivity contribution in [2.45, 2.75) is 26.4 Å². The molecule has 0 bridgehead atoms. The van der Waals surface area contributed by atoms with E-state index in [-0.39, 0.29) is 0 Å². The summed E-state index contributed by atoms with van der Waals surface area (Å²) in [6, 6.07) is 4.97. The Balaban J connectivity index is 2.92. The summed E-state index contributed by atoms with van der Waals surface area (Å²) in [4.78, 5) is 22.0. The van der Waals surface area contributed by atoms with Crippen molar-refractivity contribution >= 4 is 35.7 Å². The molecule has 1 amide bonds. The second kappa shape index (κ2) is 6.38. The van der Waals surface area contributed by atoms with Crippen LogP contribution in [0, 0.1) is 0 Å². The number of benzene rings is 1. The number of carbonyl (C=O) groups excluding carboxylic acids is 2. The molecule has 102 valence electrons. The van der Waals surface area contributed by atoms with Gasteiger partial charge in [0.2, 0.25) is 0 Å². The van der Waals surface area contributed by atoms with Crippen molar-refractivity contribution in [1.29, 1.82) is 0 Å². The Hall–Kier alpha value is -1.81. The number of halogens is 1. The predicted octanol–water partition coefficient (Wildman–Crippen LogP) is 3.90. The van der Waals surface area contributed by atoms with Gasteiger partial charge < -0.3 is 4.74 Å². The van der Waals surface area contributed by atoms with Gasteiger partial charge in [-0.3, -0.25) is 10.1 Å². The Bertz CT molecular complexity index is 504. The van der Waals surface area contributed by atoms with Crippen LogP contribution in [-0.2, 0) is 9.53 Å². The van der Waals surface area contributed by atoms with Gasteiger partial charge in [0.15, 0.2) is 0 Å². The number of amides is 1. The van der Waals surface area contributed by atoms with Crippen molar-refractivity contribution in [2.75, 3.05) is 5.32 Å². The molecule has 0 saturated heterocycles. The van der Waals surface area contributed by atoms with Crippen LogP contribution in [0.15, 0.2) is 24.3 Å². The number of allylic oxidation sites excluding steroid dienone is 1. The highest BCUT2D eigenvalue weighted by Gasteiger charge is 2.17. The summed E-state index contributed by atoms with van der Waals surface area (Å²) in [5, 5.41) is 3.08. The van der Waals surface area contributed by atoms with Crippen molar-refractivity contribution in [3.63, 3.8) is 0 Å². The molecule has 0 spiro atoms. The number of rotatable bonds is 3. The molecular weight excluding hydrogens is 266 g/mol. The maximum absolute atomic E-state index is 11.7. The molecule has 1 aromatic rings. The fourth-order valence-electron chi connectivity index (χ4n) is 1.34. The molecule has 5 heteroatoms. The monoisotopic (exact) mass is 281 g/mol. The zero-order valence-corrected chi connectivity index (χ0v) is 11.8. The van der Waals surface area contributed by atoms with Gasteiger partial charge in [-0.15, -0.1) is 0 Å². The first-order valence-corrected chi connectivity index (χ1v) is 6.11. The first kappa shape index (κ1) is 15.2. The van der Waals surface area contributed by atoms with E-state index in [4.69, 9.17) is 16.3 Å². The topological polar surface area (TPSA) is 55.4 Å². The third kappa shape index (κ3) is 5.57. The lowest BCUT2D eigenvalue weighted by Gasteiger charge is -2.20. The fourth-order valence-corrected chi connectivity index (χ4v) is 1.51. The molecule has 0 aromatic heterocycles. The van der Waals surface area contributed by atoms with Gasteiger partial charge in [-0.2, -0.15) is 0 Å². The van der Waals surface area contributed by atoms with Crippen molar-refractivity contribution in [1.82, 2.24) is 0 Å². The maximum Gasteiger partial charge on any atom is 0.412 e. The molecule has 1 aromatic carbocycles. The lowest BCUT2D eigenvalue weighted by Crippen LogP contribution is -2.27. The highest BCUT2D eigenvalue weighted by molar-refractivity contribution is 6.31. The van der Waals surface area contributed by atoms with E-state index >= 15 is 0 Å². The summed E-state index contributed by atoms with van der Waals surface area (Å²) in [6.45, 7) is 5.33. The molecule has 1 rings (SSSR count). The molecule has 4 nitrogen and oxygen atoms in total. The Morgan fingerprint density at radius 3 is 2.63 bits per heavy atom. The molecule has 0 atom stereocenters. The Morgan fingerprint density at radius 1 is 1.37 bits per heavy atom. The Kier molecular flexibility index (Phi) is 5.12. The van der Waals surface area contributed by atoms with E-state index in [1.165, 1.54) is 6.08 Å². The van der Waals surface area contributed by atoms with Gasteiger partial charge in [-0.25, -0.2) is 4.79 Å². The first-order chi connectivity index (χ1) is 8.81. The lowest BCUT2D eigenvalue weighted by molar-refractivity contribution is -0.104. The largest absolute Gasteiger partial charge is 0.444 e. The van der Waals surface area contributed by atoms with E-state index in [0.29, 0.717) is 22.6 Å². The van der Waals surface area contributed by atoms with Gasteiger partial charge in [0.1, 0.15) is 11.9 Å². The minimum Gasteiger partial charge on any atom is -0.444 e. The number of hydrogen-bond acceptors (Lipinski definition) is 3. The average Bonchev–Trinajstić information content (AvgIpc) is 2.25. The number of hydrogen-bond donors (Lipinski definition) is 1. The minimum absolute atomic E-state index is 0.481. The van der Waals surface area contributed by atoms with Crippen LogP contribution in [0.2, 0.25) is 5.02 Å². The SMILES string of the molecule is CC(C)(C)OC(=O)Nc1cc(Cl)ccc1/C=C/C=O. The van der Waals surface area contributed by atoms with E-state index < -0.39 is 11.7 Å². The van der Waals surface area contributed by atoms with E-state index in [1.807, 2.05) is 0 Å². The van der Waals surface area contributed by atoms with Crippen LogP contribution < -0.4 is 5.32 Å². The number of ether oxygens (including phenoxy) is 1. The van der Waals surface area contributed by atoms with Gasteiger partial charge in [0.25, 0.3) is 0 Å². The molecular formula is C14H16ClNO3. The summed E-state index contributed by atoms with van der Waals surface area (Å²) in [5.74, 6) is 0. The normalized spacial score (nSPS) is 11.4. The van der Waals surface area contributed by atoms with Crippen molar-refractivity contribution in [3.05, 3.63) is 34.9 Å². The predicted molar refractivity (Wildman–Crippen MR) is 76.4 cm³/mol. The maximum atomic E-state index is 11.7. The Labute approximate surface area is 117 Å². The van der Waals surface area contributed by atoms with E-state index in [1.54, 1.807) is 45.0 Å². The number of aldehydes is 1. The van der Waals surface area contributed by atoms with Crippen molar-refractivity contribution < 1.29 is 14.3 Å². The molecule has 1 N–H and O–H groups in total. The van der Waals surface area contributed by atoms with Crippen LogP contribution >= 0.6 is 11.6 Å². The second-order valence-electron chi connectivity index (χ2n) is 4.85. The standard InChI is InChI=1S/C14H16ClNO3/c1-14(2,3)19-13(18)16-12-9-11(15)7-6-10(12)5-4-8-17/h4-9H,1-3H3,(H,16,18)/b5-4+. The van der Waals surface area contributed by atoms with Crippen LogP contribution in [-0.4, -0.2) is 18.0 Å². The van der Waals surface area contributed by atoms with Crippen LogP contribution in [0.3, 0.4) is 0 Å². The summed E-state index contributed by atoms with van der Waals surface area (Å²) in [6.07, 6.45) is 3.00. The van der Waals surface area contributed by atoms with Crippen LogP contribution in [0.25, 0.3) is 6.08 Å². The fraction of sp³-hybridized carbons (Fsp3) is 0.286. The Morgan fingerprint density at radius 2 is 2.05 bits per heavy atom. The summed E-state index contributed by atoms with van der Waals surface area (Å²) in [5.41, 5.74) is 0.573. The molecule has 0 heterocycles. The molecule has 0 aliphatic rings. The second-order valence-corrected chi connectivity index (χ2v) is 5.29. The third-order valence-corrected chi connectivity index (χ3v) is 2.24. The number of anilines is 1. The number of nitrogens with one attached hydrogen (secondary N) is 1. The first-order valence-electron chi connectivity index (χ1n) is 5.73. The summed E-state index contributed by atoms with van der Waals surface area (Å²) in [7, 11) is 0. The molecule has 0 unspecified atom stereocenters. The van der Waals surface area contributed by atoms with Crippen LogP contribution in [0.4, 0.5) is 10.5 Å². The molecule has 0 saturated carbocycles. The third-order valence-electron chi connectivity index (χ3n) is 2.01. The average molecular weight is 282 g/mol. The van der Waals surface area contributed by atoms with Gasteiger partial charge in [0.05, 0.1) is 5.69 Å². The number of carbonyl (C=O) groups is 2. The quantitative estimate of drug-likeness (QED) is 0.675. The summed E-state index contributed by atoms with van der Waals surface area (Å²) < 4.78 is 5.15. The van der Waals surface area contributed by atoms with Crippen molar-refractivity contribution in [3.8, 4) is 0 Å². The summed E-state index contributed by atoms with van der Waals surface area (Å²) >= 11 is 5.88. The molecule has 0 aliphatic carbocycles. The van der Waals surface area contributed by atoms with Crippen LogP contribution in [0.5, 0.6) is 0 Å². The molecule has 0 fully saturated rings. The lowest BCUT2D eigenvalue weighted by atomic mass is 10.1. The molecule has 19 heavy (non-hydrogen) atoms. The smallest absolute Gasteiger partial charge is 0.412 e. The van der Waals surface area contributed by atoms with Gasteiger partial charge in [-0.05, 0) is 50.6 Å². The van der Waals surface area contributed by atoms with Gasteiger partial charge in [0, 0.05) is 5.02 Å². The van der Waals surface area contributed by atoms with Gasteiger partial charge >= 0.3 is 6.09 Å². The van der Waals surface area contributed by atoms with E-state index in [0.717, 1.165) is 0 Å². The zero-order chi connectivity index (χ0) is 14.5. The highest BCUT2D eigenvalue weighted by Crippen LogP contribution is 2.23. The van der Waals surface area contributed by atoms with E-state index in [9.17, 15) is 9.59 Å². The van der Waals surface area contributed by atoms with Gasteiger partial charge in [-0.1, -0.05) is 17.7 Å². The van der Waals surface area contributed by atoms with Crippen molar-refractivity contribution in [2.24, 2.45) is 0 Å². The van der Waals surface area contributed by atoms with E-state index in [2.05, 4.69) is 5.32 Å². The zero-order valence-electron chi connectivity index (χ0n) is 11.1.